The zero-order chi connectivity index (χ0) is 13.8. The fraction of sp³-hybridized carbons (Fsp3) is 0.294. The number of hydrogen-bond donors (Lipinski definition) is 0. The molecule has 0 heterocycles. The van der Waals surface area contributed by atoms with Crippen molar-refractivity contribution in [2.24, 2.45) is 5.92 Å². The van der Waals surface area contributed by atoms with Gasteiger partial charge in [0.1, 0.15) is 0 Å². The molecule has 0 bridgehead atoms. The molecule has 2 nitrogen and oxygen atoms in total. The first-order valence-corrected chi connectivity index (χ1v) is 6.57. The number of rotatable bonds is 4. The number of allylic oxidation sites excluding steroid dienone is 4. The minimum absolute atomic E-state index is 0.0977. The van der Waals surface area contributed by atoms with E-state index in [0.29, 0.717) is 6.42 Å². The number of benzene rings is 1. The van der Waals surface area contributed by atoms with E-state index in [0.717, 1.165) is 23.1 Å². The maximum absolute atomic E-state index is 12.1. The van der Waals surface area contributed by atoms with E-state index < -0.39 is 0 Å². The van der Waals surface area contributed by atoms with Gasteiger partial charge in [0.25, 0.3) is 0 Å². The van der Waals surface area contributed by atoms with Gasteiger partial charge in [-0.3, -0.25) is 9.59 Å². The summed E-state index contributed by atoms with van der Waals surface area (Å²) in [4.78, 5) is 23.6. The van der Waals surface area contributed by atoms with Crippen molar-refractivity contribution in [3.63, 3.8) is 0 Å². The SMILES string of the molecule is CC(=O)C1=CC(CC(=O)c2ccccc2)=CCC1C. The molecule has 0 saturated heterocycles. The van der Waals surface area contributed by atoms with Gasteiger partial charge >= 0.3 is 0 Å². The summed E-state index contributed by atoms with van der Waals surface area (Å²) < 4.78 is 0. The molecule has 0 aromatic heterocycles. The molecule has 0 radical (unpaired) electrons. The van der Waals surface area contributed by atoms with Crippen molar-refractivity contribution in [1.29, 1.82) is 0 Å². The van der Waals surface area contributed by atoms with Gasteiger partial charge in [0.05, 0.1) is 0 Å². The molecule has 1 aromatic carbocycles. The highest BCUT2D eigenvalue weighted by Gasteiger charge is 2.18. The lowest BCUT2D eigenvalue weighted by Gasteiger charge is -2.18. The molecule has 19 heavy (non-hydrogen) atoms. The lowest BCUT2D eigenvalue weighted by Crippen LogP contribution is -2.12. The minimum atomic E-state index is 0.0977. The van der Waals surface area contributed by atoms with Crippen LogP contribution in [0.25, 0.3) is 0 Å². The highest BCUT2D eigenvalue weighted by molar-refractivity contribution is 5.99. The largest absolute Gasteiger partial charge is 0.295 e. The topological polar surface area (TPSA) is 34.1 Å². The van der Waals surface area contributed by atoms with Crippen LogP contribution in [0.2, 0.25) is 0 Å². The maximum atomic E-state index is 12.1. The molecule has 1 aliphatic rings. The number of carbonyl (C=O) groups is 2. The van der Waals surface area contributed by atoms with Crippen LogP contribution in [0.1, 0.15) is 37.0 Å². The van der Waals surface area contributed by atoms with E-state index in [1.807, 2.05) is 43.3 Å². The van der Waals surface area contributed by atoms with Gasteiger partial charge < -0.3 is 0 Å². The van der Waals surface area contributed by atoms with Crippen molar-refractivity contribution in [3.8, 4) is 0 Å². The Morgan fingerprint density at radius 2 is 1.89 bits per heavy atom. The number of hydrogen-bond acceptors (Lipinski definition) is 2. The van der Waals surface area contributed by atoms with Crippen LogP contribution >= 0.6 is 0 Å². The Morgan fingerprint density at radius 1 is 1.21 bits per heavy atom. The predicted octanol–water partition coefficient (Wildman–Crippen LogP) is 3.74. The van der Waals surface area contributed by atoms with Crippen LogP contribution in [0.5, 0.6) is 0 Å². The average molecular weight is 254 g/mol. The van der Waals surface area contributed by atoms with Gasteiger partial charge in [0.2, 0.25) is 0 Å². The van der Waals surface area contributed by atoms with E-state index in [2.05, 4.69) is 6.08 Å². The second-order valence-corrected chi connectivity index (χ2v) is 5.04. The second-order valence-electron chi connectivity index (χ2n) is 5.04. The predicted molar refractivity (Wildman–Crippen MR) is 76.0 cm³/mol. The molecule has 2 heteroatoms. The van der Waals surface area contributed by atoms with E-state index in [4.69, 9.17) is 0 Å². The lowest BCUT2D eigenvalue weighted by atomic mass is 9.86. The standard InChI is InChI=1S/C17H18O2/c1-12-8-9-14(10-16(12)13(2)18)11-17(19)15-6-4-3-5-7-15/h3-7,9-10,12H,8,11H2,1-2H3. The Balaban J connectivity index is 2.12. The number of carbonyl (C=O) groups excluding carboxylic acids is 2. The van der Waals surface area contributed by atoms with E-state index in [1.165, 1.54) is 0 Å². The van der Waals surface area contributed by atoms with Crippen LogP contribution < -0.4 is 0 Å². The van der Waals surface area contributed by atoms with E-state index in [9.17, 15) is 9.59 Å². The smallest absolute Gasteiger partial charge is 0.167 e. The van der Waals surface area contributed by atoms with Crippen molar-refractivity contribution in [3.05, 3.63) is 59.2 Å². The summed E-state index contributed by atoms with van der Waals surface area (Å²) in [7, 11) is 0. The van der Waals surface area contributed by atoms with Gasteiger partial charge in [-0.25, -0.2) is 0 Å². The van der Waals surface area contributed by atoms with Crippen LogP contribution in [-0.2, 0) is 4.79 Å². The zero-order valence-corrected chi connectivity index (χ0v) is 11.3. The highest BCUT2D eigenvalue weighted by atomic mass is 16.1. The molecular weight excluding hydrogens is 236 g/mol. The monoisotopic (exact) mass is 254 g/mol. The summed E-state index contributed by atoms with van der Waals surface area (Å²) >= 11 is 0. The number of Topliss-reactive ketones (excluding diaryl/α,β-unsaturated/α-hetero) is 2. The van der Waals surface area contributed by atoms with Gasteiger partial charge in [-0.15, -0.1) is 0 Å². The Morgan fingerprint density at radius 3 is 2.53 bits per heavy atom. The first-order valence-electron chi connectivity index (χ1n) is 6.57. The molecule has 0 aliphatic heterocycles. The molecule has 1 atom stereocenters. The first-order chi connectivity index (χ1) is 9.08. The normalized spacial score (nSPS) is 18.5. The van der Waals surface area contributed by atoms with Crippen molar-refractivity contribution >= 4 is 11.6 Å². The third-order valence-corrected chi connectivity index (χ3v) is 3.47. The molecule has 0 spiro atoms. The molecule has 0 N–H and O–H groups in total. The van der Waals surface area contributed by atoms with Gasteiger partial charge in [-0.2, -0.15) is 0 Å². The third-order valence-electron chi connectivity index (χ3n) is 3.47. The Kier molecular flexibility index (Phi) is 4.10. The minimum Gasteiger partial charge on any atom is -0.295 e. The van der Waals surface area contributed by atoms with Crippen LogP contribution in [-0.4, -0.2) is 11.6 Å². The molecule has 1 aromatic rings. The second kappa shape index (κ2) is 5.79. The molecule has 2 rings (SSSR count). The summed E-state index contributed by atoms with van der Waals surface area (Å²) in [6.45, 7) is 3.63. The van der Waals surface area contributed by atoms with Gasteiger partial charge in [0.15, 0.2) is 11.6 Å². The molecule has 98 valence electrons. The molecule has 1 aliphatic carbocycles. The lowest BCUT2D eigenvalue weighted by molar-refractivity contribution is -0.114. The van der Waals surface area contributed by atoms with Crippen molar-refractivity contribution in [1.82, 2.24) is 0 Å². The molecule has 0 fully saturated rings. The van der Waals surface area contributed by atoms with Gasteiger partial charge in [0, 0.05) is 12.0 Å². The summed E-state index contributed by atoms with van der Waals surface area (Å²) in [5, 5.41) is 0. The molecule has 1 unspecified atom stereocenters. The van der Waals surface area contributed by atoms with Gasteiger partial charge in [-0.05, 0) is 30.4 Å². The van der Waals surface area contributed by atoms with Crippen LogP contribution in [0, 0.1) is 5.92 Å². The Bertz CT molecular complexity index is 550. The Hall–Kier alpha value is -1.96. The Labute approximate surface area is 113 Å². The average Bonchev–Trinajstić information content (AvgIpc) is 2.41. The highest BCUT2D eigenvalue weighted by Crippen LogP contribution is 2.26. The fourth-order valence-electron chi connectivity index (χ4n) is 2.34. The fourth-order valence-corrected chi connectivity index (χ4v) is 2.34. The molecule has 0 amide bonds. The summed E-state index contributed by atoms with van der Waals surface area (Å²) in [5.74, 6) is 0.457. The van der Waals surface area contributed by atoms with Crippen molar-refractivity contribution in [2.75, 3.05) is 0 Å². The van der Waals surface area contributed by atoms with E-state index in [1.54, 1.807) is 6.92 Å². The maximum Gasteiger partial charge on any atom is 0.167 e. The summed E-state index contributed by atoms with van der Waals surface area (Å²) in [6, 6.07) is 9.27. The quantitative estimate of drug-likeness (QED) is 0.767. The summed E-state index contributed by atoms with van der Waals surface area (Å²) in [6.07, 6.45) is 5.16. The van der Waals surface area contributed by atoms with E-state index >= 15 is 0 Å². The summed E-state index contributed by atoms with van der Waals surface area (Å²) in [5.41, 5.74) is 2.51. The zero-order valence-electron chi connectivity index (χ0n) is 11.3. The first kappa shape index (κ1) is 13.5. The van der Waals surface area contributed by atoms with Crippen LogP contribution in [0.15, 0.2) is 53.6 Å². The van der Waals surface area contributed by atoms with Crippen LogP contribution in [0.4, 0.5) is 0 Å². The number of ketones is 2. The molecular formula is C17H18O2. The van der Waals surface area contributed by atoms with Gasteiger partial charge in [-0.1, -0.05) is 49.4 Å². The van der Waals surface area contributed by atoms with Crippen molar-refractivity contribution in [2.45, 2.75) is 26.7 Å². The van der Waals surface area contributed by atoms with Crippen molar-refractivity contribution < 1.29 is 9.59 Å². The molecule has 0 saturated carbocycles. The third kappa shape index (κ3) is 3.28. The van der Waals surface area contributed by atoms with Crippen LogP contribution in [0.3, 0.4) is 0 Å². The van der Waals surface area contributed by atoms with E-state index in [-0.39, 0.29) is 17.5 Å².